The van der Waals surface area contributed by atoms with E-state index in [-0.39, 0.29) is 6.61 Å². The lowest BCUT2D eigenvalue weighted by molar-refractivity contribution is 0.338. The molecule has 0 fully saturated rings. The van der Waals surface area contributed by atoms with Gasteiger partial charge in [0.25, 0.3) is 0 Å². The van der Waals surface area contributed by atoms with Crippen LogP contribution in [0.2, 0.25) is 0 Å². The third-order valence-electron chi connectivity index (χ3n) is 1.62. The van der Waals surface area contributed by atoms with Gasteiger partial charge in [0.15, 0.2) is 0 Å². The Morgan fingerprint density at radius 3 is 2.29 bits per heavy atom. The van der Waals surface area contributed by atoms with E-state index in [1.807, 2.05) is 24.3 Å². The van der Waals surface area contributed by atoms with Crippen LogP contribution in [0.4, 0.5) is 0 Å². The van der Waals surface area contributed by atoms with Crippen LogP contribution in [-0.2, 0) is 36.6 Å². The molecule has 0 spiro atoms. The topological polar surface area (TPSA) is 26.3 Å². The van der Waals surface area contributed by atoms with Crippen molar-refractivity contribution in [2.45, 2.75) is 12.5 Å². The third-order valence-corrected chi connectivity index (χ3v) is 2.76. The summed E-state index contributed by atoms with van der Waals surface area (Å²) in [5, 5.41) is 0. The molecule has 0 heterocycles. The van der Waals surface area contributed by atoms with Crippen molar-refractivity contribution in [3.8, 4) is 0 Å². The van der Waals surface area contributed by atoms with Crippen molar-refractivity contribution in [1.29, 1.82) is 0 Å². The monoisotopic (exact) mass is 250 g/mol. The van der Waals surface area contributed by atoms with Gasteiger partial charge in [0, 0.05) is 23.3 Å². The van der Waals surface area contributed by atoms with Crippen molar-refractivity contribution in [2.75, 3.05) is 6.26 Å². The van der Waals surface area contributed by atoms with Crippen LogP contribution in [0, 0.1) is 0 Å². The maximum Gasteiger partial charge on any atom is 0.141 e. The molecule has 0 saturated carbocycles. The Balaban J connectivity index is 2.61. The van der Waals surface area contributed by atoms with Crippen LogP contribution >= 0.6 is 11.6 Å². The van der Waals surface area contributed by atoms with Gasteiger partial charge in [0.2, 0.25) is 0 Å². The van der Waals surface area contributed by atoms with Crippen molar-refractivity contribution in [2.24, 2.45) is 0 Å². The van der Waals surface area contributed by atoms with Gasteiger partial charge in [-0.3, -0.25) is 4.18 Å². The fraction of sp³-hybridized carbons (Fsp3) is 0.333. The van der Waals surface area contributed by atoms with Crippen LogP contribution < -0.4 is 0 Å². The first-order chi connectivity index (χ1) is 6.51. The lowest BCUT2D eigenvalue weighted by atomic mass is 10.2. The molecule has 0 aromatic heterocycles. The van der Waals surface area contributed by atoms with E-state index in [0.29, 0.717) is 5.88 Å². The maximum atomic E-state index is 11.1. The predicted molar refractivity (Wildman–Crippen MR) is 62.2 cm³/mol. The SMILES string of the molecule is CS(=O)(=S)OCc1ccc(CCl)cc1. The second-order valence-corrected chi connectivity index (χ2v) is 6.64. The third kappa shape index (κ3) is 4.37. The van der Waals surface area contributed by atoms with E-state index in [2.05, 4.69) is 11.2 Å². The first-order valence-corrected chi connectivity index (χ1v) is 7.34. The van der Waals surface area contributed by atoms with E-state index in [4.69, 9.17) is 15.8 Å². The van der Waals surface area contributed by atoms with Crippen LogP contribution in [0.1, 0.15) is 11.1 Å². The summed E-state index contributed by atoms with van der Waals surface area (Å²) < 4.78 is 16.1. The van der Waals surface area contributed by atoms with Gasteiger partial charge in [-0.15, -0.1) is 11.6 Å². The molecule has 1 aromatic rings. The molecule has 0 saturated heterocycles. The van der Waals surface area contributed by atoms with Crippen LogP contribution in [0.25, 0.3) is 0 Å². The average Bonchev–Trinajstić information content (AvgIpc) is 2.14. The van der Waals surface area contributed by atoms with E-state index in [0.717, 1.165) is 11.1 Å². The second-order valence-electron chi connectivity index (χ2n) is 2.92. The molecule has 0 radical (unpaired) electrons. The van der Waals surface area contributed by atoms with Gasteiger partial charge >= 0.3 is 0 Å². The van der Waals surface area contributed by atoms with Gasteiger partial charge in [-0.2, -0.15) is 0 Å². The van der Waals surface area contributed by atoms with Gasteiger partial charge in [-0.25, -0.2) is 4.21 Å². The molecule has 78 valence electrons. The summed E-state index contributed by atoms with van der Waals surface area (Å²) in [6, 6.07) is 7.59. The van der Waals surface area contributed by atoms with E-state index < -0.39 is 8.77 Å². The molecule has 1 atom stereocenters. The first kappa shape index (κ1) is 11.9. The Bertz CT molecular complexity index is 384. The quantitative estimate of drug-likeness (QED) is 0.767. The highest BCUT2D eigenvalue weighted by Gasteiger charge is 1.99. The Kier molecular flexibility index (Phi) is 4.31. The Morgan fingerprint density at radius 2 is 1.86 bits per heavy atom. The highest BCUT2D eigenvalue weighted by molar-refractivity contribution is 8.29. The summed E-state index contributed by atoms with van der Waals surface area (Å²) in [4.78, 5) is 0. The molecule has 0 amide bonds. The molecular weight excluding hydrogens is 240 g/mol. The second kappa shape index (κ2) is 5.07. The summed E-state index contributed by atoms with van der Waals surface area (Å²) in [6.45, 7) is 0.279. The molecule has 1 rings (SSSR count). The molecule has 0 aliphatic carbocycles. The standard InChI is InChI=1S/C9H11ClO2S2/c1-14(11,13)12-7-9-4-2-8(6-10)3-5-9/h2-5H,6-7H2,1H3. The molecule has 0 aliphatic rings. The zero-order valence-electron chi connectivity index (χ0n) is 7.73. The molecule has 0 aliphatic heterocycles. The van der Waals surface area contributed by atoms with Crippen molar-refractivity contribution >= 4 is 31.6 Å². The van der Waals surface area contributed by atoms with Gasteiger partial charge in [0.1, 0.15) is 8.77 Å². The first-order valence-electron chi connectivity index (χ1n) is 3.99. The Hall–Kier alpha value is -0.160. The fourth-order valence-corrected chi connectivity index (χ4v) is 1.57. The minimum Gasteiger partial charge on any atom is -0.285 e. The van der Waals surface area contributed by atoms with Crippen molar-refractivity contribution in [3.63, 3.8) is 0 Å². The molecule has 0 N–H and O–H groups in total. The predicted octanol–water partition coefficient (Wildman–Crippen LogP) is 2.23. The van der Waals surface area contributed by atoms with E-state index >= 15 is 0 Å². The maximum absolute atomic E-state index is 11.1. The molecule has 14 heavy (non-hydrogen) atoms. The van der Waals surface area contributed by atoms with Crippen molar-refractivity contribution in [3.05, 3.63) is 35.4 Å². The summed E-state index contributed by atoms with van der Waals surface area (Å²) in [6.07, 6.45) is 1.40. The number of alkyl halides is 1. The summed E-state index contributed by atoms with van der Waals surface area (Å²) >= 11 is 10.3. The van der Waals surface area contributed by atoms with Crippen LogP contribution in [0.3, 0.4) is 0 Å². The molecule has 5 heteroatoms. The number of benzene rings is 1. The fourth-order valence-electron chi connectivity index (χ4n) is 0.900. The van der Waals surface area contributed by atoms with E-state index in [9.17, 15) is 4.21 Å². The molecular formula is C9H11ClO2S2. The lowest BCUT2D eigenvalue weighted by Gasteiger charge is -2.03. The Labute approximate surface area is 94.1 Å². The van der Waals surface area contributed by atoms with Gasteiger partial charge in [-0.1, -0.05) is 24.3 Å². The van der Waals surface area contributed by atoms with E-state index in [1.54, 1.807) is 0 Å². The summed E-state index contributed by atoms with van der Waals surface area (Å²) in [5.74, 6) is 0.493. The van der Waals surface area contributed by atoms with Gasteiger partial charge in [-0.05, 0) is 11.1 Å². The largest absolute Gasteiger partial charge is 0.285 e. The number of halogens is 1. The van der Waals surface area contributed by atoms with Crippen LogP contribution in [0.5, 0.6) is 0 Å². The molecule has 1 aromatic carbocycles. The van der Waals surface area contributed by atoms with Gasteiger partial charge < -0.3 is 0 Å². The molecule has 0 bridgehead atoms. The minimum absolute atomic E-state index is 0.279. The normalized spacial score (nSPS) is 15.0. The van der Waals surface area contributed by atoms with Crippen LogP contribution in [-0.4, -0.2) is 10.5 Å². The molecule has 2 nitrogen and oxygen atoms in total. The van der Waals surface area contributed by atoms with Crippen molar-refractivity contribution in [1.82, 2.24) is 0 Å². The highest BCUT2D eigenvalue weighted by Crippen LogP contribution is 2.08. The smallest absolute Gasteiger partial charge is 0.141 e. The highest BCUT2D eigenvalue weighted by atomic mass is 35.5. The zero-order valence-corrected chi connectivity index (χ0v) is 10.1. The van der Waals surface area contributed by atoms with Crippen molar-refractivity contribution < 1.29 is 8.39 Å². The summed E-state index contributed by atoms with van der Waals surface area (Å²) in [7, 11) is -2.53. The number of hydrogen-bond acceptors (Lipinski definition) is 3. The zero-order chi connectivity index (χ0) is 10.6. The molecule has 1 unspecified atom stereocenters. The van der Waals surface area contributed by atoms with Gasteiger partial charge in [0.05, 0.1) is 6.61 Å². The van der Waals surface area contributed by atoms with E-state index in [1.165, 1.54) is 6.26 Å². The Morgan fingerprint density at radius 1 is 1.36 bits per heavy atom. The number of rotatable bonds is 4. The van der Waals surface area contributed by atoms with Crippen LogP contribution in [0.15, 0.2) is 24.3 Å². The lowest BCUT2D eigenvalue weighted by Crippen LogP contribution is -2.01. The number of hydrogen-bond donors (Lipinski definition) is 0. The average molecular weight is 251 g/mol. The summed E-state index contributed by atoms with van der Waals surface area (Å²) in [5.41, 5.74) is 1.99. The minimum atomic E-state index is -2.53.